The fourth-order valence-electron chi connectivity index (χ4n) is 4.96. The number of carbonyl (C=O) groups is 1. The lowest BCUT2D eigenvalue weighted by Gasteiger charge is -2.35. The van der Waals surface area contributed by atoms with Crippen LogP contribution in [0.2, 0.25) is 0 Å². The molecule has 0 aliphatic carbocycles. The number of fused-ring (bicyclic) bond motifs is 1. The number of ether oxygens (including phenoxy) is 3. The lowest BCUT2D eigenvalue weighted by molar-refractivity contribution is -0.166. The summed E-state index contributed by atoms with van der Waals surface area (Å²) in [7, 11) is 1.50. The molecular weight excluding hydrogens is 609 g/mol. The fourth-order valence-corrected chi connectivity index (χ4v) is 4.96. The Balaban J connectivity index is 1.04. The second-order valence-electron chi connectivity index (χ2n) is 10.1. The Morgan fingerprint density at radius 1 is 1.00 bits per heavy atom. The summed E-state index contributed by atoms with van der Waals surface area (Å²) in [6.07, 6.45) is -3.14. The first-order valence-electron chi connectivity index (χ1n) is 13.9. The van der Waals surface area contributed by atoms with E-state index in [1.165, 1.54) is 37.7 Å². The van der Waals surface area contributed by atoms with Crippen molar-refractivity contribution in [2.75, 3.05) is 50.2 Å². The lowest BCUT2D eigenvalue weighted by Crippen LogP contribution is -2.50. The second-order valence-corrected chi connectivity index (χ2v) is 10.1. The van der Waals surface area contributed by atoms with Gasteiger partial charge in [-0.1, -0.05) is 17.2 Å². The first-order chi connectivity index (χ1) is 22.2. The number of methoxy groups -OCH3 is 1. The van der Waals surface area contributed by atoms with E-state index in [9.17, 15) is 18.0 Å². The number of amides is 2. The largest absolute Gasteiger partial charge is 0.493 e. The number of piperazine rings is 1. The van der Waals surface area contributed by atoms with E-state index in [0.717, 1.165) is 5.39 Å². The topological polar surface area (TPSA) is 163 Å². The molecule has 2 aliphatic heterocycles. The summed E-state index contributed by atoms with van der Waals surface area (Å²) in [5, 5.41) is 13.4. The van der Waals surface area contributed by atoms with Crippen LogP contribution in [0.1, 0.15) is 5.56 Å². The number of nitrogens with zero attached hydrogens (tertiary/aromatic N) is 9. The highest BCUT2D eigenvalue weighted by molar-refractivity contribution is 5.92. The molecule has 0 atom stereocenters. The lowest BCUT2D eigenvalue weighted by atomic mass is 10.0. The van der Waals surface area contributed by atoms with Gasteiger partial charge in [0.25, 0.3) is 0 Å². The van der Waals surface area contributed by atoms with Gasteiger partial charge in [-0.2, -0.15) is 13.2 Å². The van der Waals surface area contributed by atoms with Crippen molar-refractivity contribution in [2.24, 2.45) is 15.3 Å². The summed E-state index contributed by atoms with van der Waals surface area (Å²) in [6.45, 7) is 1.73. The van der Waals surface area contributed by atoms with Gasteiger partial charge in [-0.05, 0) is 48.0 Å². The van der Waals surface area contributed by atoms with Gasteiger partial charge in [0.1, 0.15) is 23.6 Å². The van der Waals surface area contributed by atoms with Gasteiger partial charge in [0.2, 0.25) is 0 Å². The Morgan fingerprint density at radius 2 is 1.67 bits per heavy atom. The Hall–Kier alpha value is -5.83. The van der Waals surface area contributed by atoms with E-state index >= 15 is 0 Å². The summed E-state index contributed by atoms with van der Waals surface area (Å²) < 4.78 is 56.3. The van der Waals surface area contributed by atoms with E-state index in [-0.39, 0.29) is 18.3 Å². The standard InChI is InChI=1S/C29H25F3N10O4/c1-44-24-14-22-23(15-25(24)45-17-36-40-33)34-16-35-26(22)41-10-12-42(13-11-41)27(43)37-19-4-8-21(9-5-19)46-20-6-2-18(3-7-20)28(38-39-28)29(30,31)32/h2-9,14-16H,10-13,17H2,1H3,(H,37,43). The van der Waals surface area contributed by atoms with E-state index < -0.39 is 11.8 Å². The molecule has 0 bridgehead atoms. The van der Waals surface area contributed by atoms with Gasteiger partial charge in [0, 0.05) is 53.8 Å². The van der Waals surface area contributed by atoms with Crippen LogP contribution in [-0.4, -0.2) is 67.1 Å². The number of azide groups is 1. The molecule has 0 saturated carbocycles. The Morgan fingerprint density at radius 3 is 2.28 bits per heavy atom. The molecule has 3 aromatic carbocycles. The van der Waals surface area contributed by atoms with Crippen LogP contribution in [0.4, 0.5) is 29.5 Å². The van der Waals surface area contributed by atoms with Gasteiger partial charge in [-0.15, -0.1) is 10.2 Å². The number of anilines is 2. The van der Waals surface area contributed by atoms with Crippen molar-refractivity contribution in [3.8, 4) is 23.0 Å². The van der Waals surface area contributed by atoms with Crippen LogP contribution in [0, 0.1) is 0 Å². The molecule has 3 heterocycles. The molecule has 1 N–H and O–H groups in total. The molecule has 14 nitrogen and oxygen atoms in total. The van der Waals surface area contributed by atoms with Gasteiger partial charge < -0.3 is 29.3 Å². The third-order valence-electron chi connectivity index (χ3n) is 7.40. The predicted molar refractivity (Wildman–Crippen MR) is 159 cm³/mol. The number of hydrogen-bond acceptors (Lipinski definition) is 10. The van der Waals surface area contributed by atoms with Crippen molar-refractivity contribution in [1.82, 2.24) is 14.9 Å². The number of rotatable bonds is 9. The average Bonchev–Trinajstić information content (AvgIpc) is 3.88. The quantitative estimate of drug-likeness (QED) is 0.123. The molecule has 1 saturated heterocycles. The molecule has 0 radical (unpaired) electrons. The minimum atomic E-state index is -4.60. The van der Waals surface area contributed by atoms with Crippen molar-refractivity contribution in [1.29, 1.82) is 0 Å². The van der Waals surface area contributed by atoms with Gasteiger partial charge >= 0.3 is 17.9 Å². The zero-order valence-electron chi connectivity index (χ0n) is 24.2. The molecule has 46 heavy (non-hydrogen) atoms. The first kappa shape index (κ1) is 30.2. The third kappa shape index (κ3) is 6.08. The maximum absolute atomic E-state index is 13.2. The van der Waals surface area contributed by atoms with Crippen LogP contribution >= 0.6 is 0 Å². The fraction of sp³-hybridized carbons (Fsp3) is 0.276. The highest BCUT2D eigenvalue weighted by atomic mass is 19.4. The van der Waals surface area contributed by atoms with Crippen LogP contribution in [0.15, 0.2) is 82.3 Å². The van der Waals surface area contributed by atoms with Crippen molar-refractivity contribution in [3.63, 3.8) is 0 Å². The van der Waals surface area contributed by atoms with Crippen LogP contribution < -0.4 is 24.4 Å². The van der Waals surface area contributed by atoms with Crippen molar-refractivity contribution in [3.05, 3.63) is 83.0 Å². The predicted octanol–water partition coefficient (Wildman–Crippen LogP) is 6.61. The smallest absolute Gasteiger partial charge is 0.442 e. The molecule has 6 rings (SSSR count). The van der Waals surface area contributed by atoms with Crippen molar-refractivity contribution < 1.29 is 32.2 Å². The van der Waals surface area contributed by atoms with Crippen LogP contribution in [0.3, 0.4) is 0 Å². The molecule has 1 aromatic heterocycles. The summed E-state index contributed by atoms with van der Waals surface area (Å²) in [4.78, 5) is 28.3. The number of aromatic nitrogens is 2. The number of benzene rings is 3. The summed E-state index contributed by atoms with van der Waals surface area (Å²) in [6, 6.07) is 15.2. The van der Waals surface area contributed by atoms with Crippen LogP contribution in [0.5, 0.6) is 23.0 Å². The SMILES string of the molecule is COc1cc2c(N3CCN(C(=O)Nc4ccc(Oc5ccc(C6(C(F)(F)F)N=N6)cc5)cc4)CC3)ncnc2cc1OCN=[N+]=[N-]. The number of alkyl halides is 3. The van der Waals surface area contributed by atoms with Gasteiger partial charge in [0.05, 0.1) is 12.6 Å². The van der Waals surface area contributed by atoms with Gasteiger partial charge in [0.15, 0.2) is 18.2 Å². The van der Waals surface area contributed by atoms with E-state index in [1.807, 2.05) is 0 Å². The number of carbonyl (C=O) groups excluding carboxylic acids is 1. The van der Waals surface area contributed by atoms with Crippen molar-refractivity contribution in [2.45, 2.75) is 11.8 Å². The number of halogens is 3. The molecule has 0 unspecified atom stereocenters. The van der Waals surface area contributed by atoms with Gasteiger partial charge in [-0.3, -0.25) is 0 Å². The number of nitrogens with one attached hydrogen (secondary N) is 1. The highest BCUT2D eigenvalue weighted by Gasteiger charge is 2.65. The minimum Gasteiger partial charge on any atom is -0.493 e. The van der Waals surface area contributed by atoms with Crippen LogP contribution in [0.25, 0.3) is 21.3 Å². The minimum absolute atomic E-state index is 0.0825. The summed E-state index contributed by atoms with van der Waals surface area (Å²) in [5.74, 6) is 2.28. The van der Waals surface area contributed by atoms with Gasteiger partial charge in [-0.25, -0.2) is 14.8 Å². The average molecular weight is 635 g/mol. The normalized spacial score (nSPS) is 15.2. The molecule has 17 heteroatoms. The maximum atomic E-state index is 13.2. The molecular formula is C29H25F3N10O4. The molecule has 1 fully saturated rings. The highest BCUT2D eigenvalue weighted by Crippen LogP contribution is 2.52. The molecule has 236 valence electrons. The zero-order chi connectivity index (χ0) is 32.3. The molecule has 0 spiro atoms. The van der Waals surface area contributed by atoms with E-state index in [0.29, 0.717) is 66.2 Å². The van der Waals surface area contributed by atoms with E-state index in [2.05, 4.69) is 40.4 Å². The zero-order valence-corrected chi connectivity index (χ0v) is 24.2. The number of hydrogen-bond donors (Lipinski definition) is 1. The Kier molecular flexibility index (Phi) is 8.06. The Bertz CT molecular complexity index is 1820. The maximum Gasteiger partial charge on any atom is 0.442 e. The molecule has 2 aliphatic rings. The Labute approximate surface area is 259 Å². The summed E-state index contributed by atoms with van der Waals surface area (Å²) in [5.41, 5.74) is 7.11. The van der Waals surface area contributed by atoms with E-state index in [1.54, 1.807) is 41.3 Å². The molecule has 4 aromatic rings. The summed E-state index contributed by atoms with van der Waals surface area (Å²) >= 11 is 0. The number of urea groups is 1. The monoisotopic (exact) mass is 634 g/mol. The second kappa shape index (κ2) is 12.3. The van der Waals surface area contributed by atoms with E-state index in [4.69, 9.17) is 19.7 Å². The molecule has 2 amide bonds. The van der Waals surface area contributed by atoms with Crippen LogP contribution in [-0.2, 0) is 5.66 Å². The first-order valence-corrected chi connectivity index (χ1v) is 13.9. The van der Waals surface area contributed by atoms with Crippen molar-refractivity contribution >= 4 is 28.4 Å². The third-order valence-corrected chi connectivity index (χ3v) is 7.40.